The number of amides is 1. The summed E-state index contributed by atoms with van der Waals surface area (Å²) in [6.45, 7) is 1.85. The third-order valence-corrected chi connectivity index (χ3v) is 5.35. The van der Waals surface area contributed by atoms with Crippen molar-refractivity contribution in [3.63, 3.8) is 0 Å². The van der Waals surface area contributed by atoms with E-state index in [0.717, 1.165) is 37.5 Å². The second-order valence-corrected chi connectivity index (χ2v) is 7.12. The van der Waals surface area contributed by atoms with Gasteiger partial charge in [-0.3, -0.25) is 4.79 Å². The Balaban J connectivity index is 1.34. The molecule has 3 rings (SSSR count). The fraction of sp³-hybridized carbons (Fsp3) is 0.438. The molecule has 1 aromatic carbocycles. The van der Waals surface area contributed by atoms with Crippen LogP contribution in [0.3, 0.4) is 0 Å². The van der Waals surface area contributed by atoms with Gasteiger partial charge in [0.15, 0.2) is 5.82 Å². The summed E-state index contributed by atoms with van der Waals surface area (Å²) in [4.78, 5) is 14.3. The third-order valence-electron chi connectivity index (χ3n) is 3.88. The predicted molar refractivity (Wildman–Crippen MR) is 95.9 cm³/mol. The van der Waals surface area contributed by atoms with Gasteiger partial charge in [-0.25, -0.2) is 0 Å². The van der Waals surface area contributed by atoms with Crippen LogP contribution in [0.15, 0.2) is 36.5 Å². The van der Waals surface area contributed by atoms with Crippen LogP contribution in [0, 0.1) is 0 Å². The Morgan fingerprint density at radius 2 is 2.09 bits per heavy atom. The van der Waals surface area contributed by atoms with E-state index in [4.69, 9.17) is 0 Å². The van der Waals surface area contributed by atoms with Crippen molar-refractivity contribution >= 4 is 35.2 Å². The molecular formula is C16H20N4OS2. The number of nitrogens with zero attached hydrogens (tertiary/aromatic N) is 3. The molecular weight excluding hydrogens is 328 g/mol. The summed E-state index contributed by atoms with van der Waals surface area (Å²) in [5.41, 5.74) is 1.26. The standard InChI is InChI=1S/C16H20N4OS2/c21-16(12-22-11-13-4-2-1-3-5-13)18-14-6-8-20(9-7-14)15-10-17-23-19-15/h1-5,10,14H,6-9,11-12H2,(H,18,21). The van der Waals surface area contributed by atoms with Crippen molar-refractivity contribution in [2.24, 2.45) is 0 Å². The van der Waals surface area contributed by atoms with E-state index in [1.54, 1.807) is 11.8 Å². The molecule has 7 heteroatoms. The second kappa shape index (κ2) is 8.31. The van der Waals surface area contributed by atoms with Crippen LogP contribution in [-0.2, 0) is 10.5 Å². The molecule has 1 amide bonds. The van der Waals surface area contributed by atoms with E-state index in [0.29, 0.717) is 5.75 Å². The van der Waals surface area contributed by atoms with E-state index in [9.17, 15) is 4.79 Å². The van der Waals surface area contributed by atoms with Gasteiger partial charge in [-0.05, 0) is 18.4 Å². The molecule has 0 aliphatic carbocycles. The Morgan fingerprint density at radius 3 is 2.78 bits per heavy atom. The van der Waals surface area contributed by atoms with Gasteiger partial charge in [-0.2, -0.15) is 8.75 Å². The fourth-order valence-electron chi connectivity index (χ4n) is 2.66. The van der Waals surface area contributed by atoms with Crippen LogP contribution in [0.2, 0.25) is 0 Å². The van der Waals surface area contributed by atoms with E-state index >= 15 is 0 Å². The Labute approximate surface area is 144 Å². The van der Waals surface area contributed by atoms with Gasteiger partial charge in [0.2, 0.25) is 5.91 Å². The Kier molecular flexibility index (Phi) is 5.87. The molecule has 0 saturated carbocycles. The van der Waals surface area contributed by atoms with E-state index in [1.165, 1.54) is 17.3 Å². The highest BCUT2D eigenvalue weighted by Crippen LogP contribution is 2.18. The molecule has 122 valence electrons. The summed E-state index contributed by atoms with van der Waals surface area (Å²) in [6.07, 6.45) is 3.74. The van der Waals surface area contributed by atoms with Crippen LogP contribution in [0.25, 0.3) is 0 Å². The van der Waals surface area contributed by atoms with E-state index in [2.05, 4.69) is 31.1 Å². The number of hydrogen-bond acceptors (Lipinski definition) is 6. The highest BCUT2D eigenvalue weighted by Gasteiger charge is 2.21. The Bertz CT molecular complexity index is 598. The molecule has 0 atom stereocenters. The first kappa shape index (κ1) is 16.3. The number of hydrogen-bond donors (Lipinski definition) is 1. The zero-order valence-electron chi connectivity index (χ0n) is 12.9. The van der Waals surface area contributed by atoms with Crippen molar-refractivity contribution in [2.75, 3.05) is 23.7 Å². The van der Waals surface area contributed by atoms with Crippen molar-refractivity contribution < 1.29 is 4.79 Å². The van der Waals surface area contributed by atoms with Crippen LogP contribution in [0.5, 0.6) is 0 Å². The number of thioether (sulfide) groups is 1. The van der Waals surface area contributed by atoms with E-state index in [-0.39, 0.29) is 11.9 Å². The molecule has 0 spiro atoms. The predicted octanol–water partition coefficient (Wildman–Crippen LogP) is 2.56. The van der Waals surface area contributed by atoms with E-state index in [1.807, 2.05) is 24.4 Å². The summed E-state index contributed by atoms with van der Waals surface area (Å²) >= 11 is 2.90. The summed E-state index contributed by atoms with van der Waals surface area (Å²) in [5, 5.41) is 3.15. The lowest BCUT2D eigenvalue weighted by Crippen LogP contribution is -2.45. The maximum Gasteiger partial charge on any atom is 0.230 e. The summed E-state index contributed by atoms with van der Waals surface area (Å²) in [5.74, 6) is 2.49. The van der Waals surface area contributed by atoms with E-state index < -0.39 is 0 Å². The lowest BCUT2D eigenvalue weighted by Gasteiger charge is -2.32. The molecule has 0 bridgehead atoms. The van der Waals surface area contributed by atoms with Crippen molar-refractivity contribution in [3.8, 4) is 0 Å². The normalized spacial score (nSPS) is 15.6. The number of anilines is 1. The maximum absolute atomic E-state index is 12.0. The molecule has 1 aliphatic heterocycles. The van der Waals surface area contributed by atoms with Gasteiger partial charge in [-0.1, -0.05) is 30.3 Å². The fourth-order valence-corrected chi connectivity index (χ4v) is 3.89. The Hall–Kier alpha value is -1.60. The smallest absolute Gasteiger partial charge is 0.230 e. The molecule has 1 N–H and O–H groups in total. The lowest BCUT2D eigenvalue weighted by molar-refractivity contribution is -0.119. The molecule has 0 unspecified atom stereocenters. The summed E-state index contributed by atoms with van der Waals surface area (Å²) < 4.78 is 8.30. The first-order chi connectivity index (χ1) is 11.3. The topological polar surface area (TPSA) is 58.1 Å². The van der Waals surface area contributed by atoms with Crippen molar-refractivity contribution in [3.05, 3.63) is 42.1 Å². The molecule has 23 heavy (non-hydrogen) atoms. The average molecular weight is 348 g/mol. The first-order valence-electron chi connectivity index (χ1n) is 7.75. The summed E-state index contributed by atoms with van der Waals surface area (Å²) in [6, 6.07) is 10.5. The zero-order chi connectivity index (χ0) is 15.9. The molecule has 1 saturated heterocycles. The average Bonchev–Trinajstić information content (AvgIpc) is 3.11. The highest BCUT2D eigenvalue weighted by atomic mass is 32.2. The van der Waals surface area contributed by atoms with Crippen LogP contribution >= 0.6 is 23.5 Å². The molecule has 1 aliphatic rings. The van der Waals surface area contributed by atoms with Crippen LogP contribution in [0.1, 0.15) is 18.4 Å². The third kappa shape index (κ3) is 4.94. The number of piperidine rings is 1. The van der Waals surface area contributed by atoms with Gasteiger partial charge in [0.25, 0.3) is 0 Å². The van der Waals surface area contributed by atoms with Gasteiger partial charge in [-0.15, -0.1) is 11.8 Å². The minimum atomic E-state index is 0.139. The number of carbonyl (C=O) groups is 1. The Morgan fingerprint density at radius 1 is 1.30 bits per heavy atom. The molecule has 5 nitrogen and oxygen atoms in total. The molecule has 1 fully saturated rings. The minimum absolute atomic E-state index is 0.139. The number of nitrogens with one attached hydrogen (secondary N) is 1. The quantitative estimate of drug-likeness (QED) is 0.869. The second-order valence-electron chi connectivity index (χ2n) is 5.57. The number of benzene rings is 1. The van der Waals surface area contributed by atoms with Crippen LogP contribution in [-0.4, -0.2) is 39.5 Å². The number of aromatic nitrogens is 2. The first-order valence-corrected chi connectivity index (χ1v) is 9.63. The number of carbonyl (C=O) groups excluding carboxylic acids is 1. The van der Waals surface area contributed by atoms with Crippen molar-refractivity contribution in [1.29, 1.82) is 0 Å². The van der Waals surface area contributed by atoms with Crippen LogP contribution < -0.4 is 10.2 Å². The highest BCUT2D eigenvalue weighted by molar-refractivity contribution is 7.99. The van der Waals surface area contributed by atoms with Crippen molar-refractivity contribution in [1.82, 2.24) is 14.1 Å². The minimum Gasteiger partial charge on any atom is -0.354 e. The SMILES string of the molecule is O=C(CSCc1ccccc1)NC1CCN(c2cnsn2)CC1. The number of rotatable bonds is 6. The van der Waals surface area contributed by atoms with Gasteiger partial charge in [0, 0.05) is 24.9 Å². The van der Waals surface area contributed by atoms with Crippen LogP contribution in [0.4, 0.5) is 5.82 Å². The largest absolute Gasteiger partial charge is 0.354 e. The summed E-state index contributed by atoms with van der Waals surface area (Å²) in [7, 11) is 0. The van der Waals surface area contributed by atoms with Gasteiger partial charge < -0.3 is 10.2 Å². The van der Waals surface area contributed by atoms with Gasteiger partial charge >= 0.3 is 0 Å². The molecule has 0 radical (unpaired) electrons. The lowest BCUT2D eigenvalue weighted by atomic mass is 10.1. The van der Waals surface area contributed by atoms with Gasteiger partial charge in [0.1, 0.15) is 0 Å². The molecule has 1 aromatic heterocycles. The molecule has 2 aromatic rings. The molecule has 2 heterocycles. The van der Waals surface area contributed by atoms with Gasteiger partial charge in [0.05, 0.1) is 23.7 Å². The monoisotopic (exact) mass is 348 g/mol. The zero-order valence-corrected chi connectivity index (χ0v) is 14.5. The van der Waals surface area contributed by atoms with Crippen molar-refractivity contribution in [2.45, 2.75) is 24.6 Å². The maximum atomic E-state index is 12.0.